The lowest BCUT2D eigenvalue weighted by atomic mass is 10.1. The summed E-state index contributed by atoms with van der Waals surface area (Å²) in [5, 5.41) is 2.92. The highest BCUT2D eigenvalue weighted by atomic mass is 16.5. The van der Waals surface area contributed by atoms with E-state index in [4.69, 9.17) is 23.7 Å². The van der Waals surface area contributed by atoms with E-state index in [0.29, 0.717) is 67.3 Å². The zero-order chi connectivity index (χ0) is 19.3. The number of fused-ring (bicyclic) bond motifs is 2. The number of rotatable bonds is 4. The molecule has 0 saturated carbocycles. The van der Waals surface area contributed by atoms with Crippen LogP contribution in [0.4, 0.5) is 0 Å². The van der Waals surface area contributed by atoms with E-state index in [1.54, 1.807) is 31.4 Å². The van der Waals surface area contributed by atoms with Crippen LogP contribution in [0.1, 0.15) is 28.8 Å². The van der Waals surface area contributed by atoms with E-state index in [9.17, 15) is 4.79 Å². The second-order valence-corrected chi connectivity index (χ2v) is 6.56. The summed E-state index contributed by atoms with van der Waals surface area (Å²) < 4.78 is 28.1. The zero-order valence-electron chi connectivity index (χ0n) is 15.8. The maximum atomic E-state index is 12.6. The van der Waals surface area contributed by atoms with Gasteiger partial charge in [0, 0.05) is 36.6 Å². The Labute approximate surface area is 163 Å². The molecule has 148 valence electrons. The molecule has 2 heterocycles. The van der Waals surface area contributed by atoms with Crippen LogP contribution < -0.4 is 29.0 Å². The summed E-state index contributed by atoms with van der Waals surface area (Å²) >= 11 is 0. The van der Waals surface area contributed by atoms with E-state index < -0.39 is 0 Å². The minimum atomic E-state index is -0.204. The van der Waals surface area contributed by atoms with Crippen LogP contribution in [-0.2, 0) is 6.54 Å². The molecule has 1 N–H and O–H groups in total. The summed E-state index contributed by atoms with van der Waals surface area (Å²) in [5.74, 6) is 3.02. The van der Waals surface area contributed by atoms with Gasteiger partial charge in [-0.1, -0.05) is 0 Å². The van der Waals surface area contributed by atoms with Crippen molar-refractivity contribution in [2.24, 2.45) is 0 Å². The molecule has 0 saturated heterocycles. The molecule has 7 nitrogen and oxygen atoms in total. The quantitative estimate of drug-likeness (QED) is 0.872. The topological polar surface area (TPSA) is 75.3 Å². The van der Waals surface area contributed by atoms with Crippen LogP contribution in [0.15, 0.2) is 30.3 Å². The van der Waals surface area contributed by atoms with Crippen LogP contribution in [0.5, 0.6) is 28.7 Å². The molecule has 7 heteroatoms. The molecule has 2 aromatic carbocycles. The second kappa shape index (κ2) is 8.29. The average molecular weight is 385 g/mol. The molecule has 2 aliphatic heterocycles. The highest BCUT2D eigenvalue weighted by Crippen LogP contribution is 2.36. The molecular weight excluding hydrogens is 362 g/mol. The van der Waals surface area contributed by atoms with Crippen molar-refractivity contribution in [2.75, 3.05) is 33.5 Å². The van der Waals surface area contributed by atoms with Gasteiger partial charge in [-0.25, -0.2) is 0 Å². The Morgan fingerprint density at radius 1 is 0.893 bits per heavy atom. The summed E-state index contributed by atoms with van der Waals surface area (Å²) in [4.78, 5) is 12.6. The molecule has 2 aliphatic rings. The summed E-state index contributed by atoms with van der Waals surface area (Å²) in [5.41, 5.74) is 1.33. The summed E-state index contributed by atoms with van der Waals surface area (Å²) in [6, 6.07) is 8.86. The zero-order valence-corrected chi connectivity index (χ0v) is 15.8. The van der Waals surface area contributed by atoms with E-state index >= 15 is 0 Å². The van der Waals surface area contributed by atoms with Gasteiger partial charge >= 0.3 is 0 Å². The first kappa shape index (κ1) is 18.3. The van der Waals surface area contributed by atoms with Crippen molar-refractivity contribution in [3.8, 4) is 28.7 Å². The molecule has 4 rings (SSSR count). The maximum Gasteiger partial charge on any atom is 0.251 e. The highest BCUT2D eigenvalue weighted by molar-refractivity contribution is 5.94. The van der Waals surface area contributed by atoms with Crippen molar-refractivity contribution in [3.63, 3.8) is 0 Å². The number of carbonyl (C=O) groups excluding carboxylic acids is 1. The third-order valence-corrected chi connectivity index (χ3v) is 4.60. The SMILES string of the molecule is COc1cc2c(cc1CNC(=O)c1ccc3c(c1)OCCCO3)OCCCO2. The molecule has 0 spiro atoms. The van der Waals surface area contributed by atoms with Crippen molar-refractivity contribution in [3.05, 3.63) is 41.5 Å². The Bertz CT molecular complexity index is 866. The monoisotopic (exact) mass is 385 g/mol. The number of hydrogen-bond acceptors (Lipinski definition) is 6. The average Bonchev–Trinajstić information content (AvgIpc) is 3.10. The van der Waals surface area contributed by atoms with Crippen LogP contribution >= 0.6 is 0 Å². The van der Waals surface area contributed by atoms with Crippen molar-refractivity contribution >= 4 is 5.91 Å². The predicted octanol–water partition coefficient (Wildman–Crippen LogP) is 2.95. The fraction of sp³-hybridized carbons (Fsp3) is 0.381. The molecule has 0 aromatic heterocycles. The molecule has 2 aromatic rings. The first-order valence-electron chi connectivity index (χ1n) is 9.39. The van der Waals surface area contributed by atoms with Crippen LogP contribution in [-0.4, -0.2) is 39.4 Å². The largest absolute Gasteiger partial charge is 0.496 e. The van der Waals surface area contributed by atoms with Gasteiger partial charge in [0.05, 0.1) is 33.5 Å². The van der Waals surface area contributed by atoms with E-state index in [1.807, 2.05) is 6.07 Å². The van der Waals surface area contributed by atoms with Gasteiger partial charge < -0.3 is 29.0 Å². The van der Waals surface area contributed by atoms with Crippen molar-refractivity contribution < 1.29 is 28.5 Å². The predicted molar refractivity (Wildman–Crippen MR) is 102 cm³/mol. The number of hydrogen-bond donors (Lipinski definition) is 1. The Hall–Kier alpha value is -3.09. The second-order valence-electron chi connectivity index (χ2n) is 6.56. The third kappa shape index (κ3) is 3.93. The molecule has 0 radical (unpaired) electrons. The number of amides is 1. The van der Waals surface area contributed by atoms with E-state index in [2.05, 4.69) is 5.32 Å². The molecule has 0 fully saturated rings. The fourth-order valence-electron chi connectivity index (χ4n) is 3.14. The lowest BCUT2D eigenvalue weighted by molar-refractivity contribution is 0.0950. The van der Waals surface area contributed by atoms with Gasteiger partial charge in [0.1, 0.15) is 5.75 Å². The number of methoxy groups -OCH3 is 1. The summed E-state index contributed by atoms with van der Waals surface area (Å²) in [7, 11) is 1.59. The van der Waals surface area contributed by atoms with Crippen molar-refractivity contribution in [1.82, 2.24) is 5.32 Å². The number of ether oxygens (including phenoxy) is 5. The maximum absolute atomic E-state index is 12.6. The minimum Gasteiger partial charge on any atom is -0.496 e. The third-order valence-electron chi connectivity index (χ3n) is 4.60. The smallest absolute Gasteiger partial charge is 0.251 e. The Morgan fingerprint density at radius 2 is 1.50 bits per heavy atom. The lowest BCUT2D eigenvalue weighted by Gasteiger charge is -2.15. The van der Waals surface area contributed by atoms with Crippen LogP contribution in [0, 0.1) is 0 Å². The van der Waals surface area contributed by atoms with Gasteiger partial charge in [-0.05, 0) is 24.3 Å². The molecule has 0 atom stereocenters. The molecule has 28 heavy (non-hydrogen) atoms. The van der Waals surface area contributed by atoms with Crippen molar-refractivity contribution in [2.45, 2.75) is 19.4 Å². The number of carbonyl (C=O) groups is 1. The van der Waals surface area contributed by atoms with E-state index in [1.165, 1.54) is 0 Å². The van der Waals surface area contributed by atoms with Gasteiger partial charge in [-0.2, -0.15) is 0 Å². The first-order valence-corrected chi connectivity index (χ1v) is 9.39. The van der Waals surface area contributed by atoms with Gasteiger partial charge in [0.25, 0.3) is 5.91 Å². The van der Waals surface area contributed by atoms with E-state index in [-0.39, 0.29) is 5.91 Å². The number of benzene rings is 2. The van der Waals surface area contributed by atoms with Crippen LogP contribution in [0.25, 0.3) is 0 Å². The lowest BCUT2D eigenvalue weighted by Crippen LogP contribution is -2.23. The molecule has 0 aliphatic carbocycles. The summed E-state index contributed by atoms with van der Waals surface area (Å²) in [6.45, 7) is 2.70. The van der Waals surface area contributed by atoms with Gasteiger partial charge in [-0.15, -0.1) is 0 Å². The highest BCUT2D eigenvalue weighted by Gasteiger charge is 2.17. The first-order chi connectivity index (χ1) is 13.7. The normalized spacial score (nSPS) is 15.2. The van der Waals surface area contributed by atoms with Gasteiger partial charge in [-0.3, -0.25) is 4.79 Å². The fourth-order valence-corrected chi connectivity index (χ4v) is 3.14. The Morgan fingerprint density at radius 3 is 2.18 bits per heavy atom. The van der Waals surface area contributed by atoms with Gasteiger partial charge in [0.2, 0.25) is 0 Å². The van der Waals surface area contributed by atoms with Gasteiger partial charge in [0.15, 0.2) is 23.0 Å². The summed E-state index contributed by atoms with van der Waals surface area (Å²) in [6.07, 6.45) is 1.65. The van der Waals surface area contributed by atoms with Crippen molar-refractivity contribution in [1.29, 1.82) is 0 Å². The van der Waals surface area contributed by atoms with Crippen LogP contribution in [0.3, 0.4) is 0 Å². The Balaban J connectivity index is 1.49. The molecule has 0 unspecified atom stereocenters. The molecular formula is C21H23NO6. The Kier molecular flexibility index (Phi) is 5.41. The molecule has 1 amide bonds. The standard InChI is InChI=1S/C21H23NO6/c1-24-17-12-20-19(27-8-3-9-28-20)11-15(17)13-22-21(23)14-4-5-16-18(10-14)26-7-2-6-25-16/h4-5,10-12H,2-3,6-9,13H2,1H3,(H,22,23). The van der Waals surface area contributed by atoms with Crippen LogP contribution in [0.2, 0.25) is 0 Å². The van der Waals surface area contributed by atoms with E-state index in [0.717, 1.165) is 18.4 Å². The molecule has 0 bridgehead atoms. The number of nitrogens with one attached hydrogen (secondary N) is 1. The minimum absolute atomic E-state index is 0.204.